The van der Waals surface area contributed by atoms with Crippen LogP contribution in [-0.4, -0.2) is 7.11 Å². The summed E-state index contributed by atoms with van der Waals surface area (Å²) < 4.78 is 5.42. The normalized spacial score (nSPS) is 41.1. The third kappa shape index (κ3) is 1.89. The number of hydrogen-bond acceptors (Lipinski definition) is 1. The lowest BCUT2D eigenvalue weighted by Gasteiger charge is -2.53. The molecule has 0 amide bonds. The van der Waals surface area contributed by atoms with Crippen LogP contribution in [0.25, 0.3) is 0 Å². The molecule has 4 rings (SSSR count). The minimum Gasteiger partial charge on any atom is -0.497 e. The summed E-state index contributed by atoms with van der Waals surface area (Å²) in [6.45, 7) is 5.11. The van der Waals surface area contributed by atoms with Gasteiger partial charge in [0, 0.05) is 0 Å². The number of benzene rings is 1. The number of ether oxygens (including phenoxy) is 1. The number of fused-ring (bicyclic) bond motifs is 5. The van der Waals surface area contributed by atoms with Gasteiger partial charge in [0.1, 0.15) is 5.75 Å². The molecule has 1 aromatic rings. The van der Waals surface area contributed by atoms with E-state index in [1.54, 1.807) is 18.2 Å². The predicted molar refractivity (Wildman–Crippen MR) is 86.8 cm³/mol. The van der Waals surface area contributed by atoms with Crippen molar-refractivity contribution >= 4 is 0 Å². The first-order chi connectivity index (χ1) is 10.1. The molecule has 5 unspecified atom stereocenters. The van der Waals surface area contributed by atoms with Crippen LogP contribution < -0.4 is 4.74 Å². The minimum atomic E-state index is 0.551. The predicted octanol–water partition coefficient (Wildman–Crippen LogP) is 5.19. The van der Waals surface area contributed by atoms with Crippen molar-refractivity contribution in [1.82, 2.24) is 0 Å². The molecule has 0 aliphatic heterocycles. The first kappa shape index (κ1) is 13.7. The molecule has 0 N–H and O–H groups in total. The van der Waals surface area contributed by atoms with Crippen LogP contribution in [0.5, 0.6) is 5.75 Å². The van der Waals surface area contributed by atoms with Gasteiger partial charge in [0.05, 0.1) is 7.11 Å². The first-order valence-corrected chi connectivity index (χ1v) is 8.80. The van der Waals surface area contributed by atoms with Crippen molar-refractivity contribution in [3.63, 3.8) is 0 Å². The largest absolute Gasteiger partial charge is 0.497 e. The van der Waals surface area contributed by atoms with E-state index in [2.05, 4.69) is 32.0 Å². The second-order valence-corrected chi connectivity index (χ2v) is 8.03. The van der Waals surface area contributed by atoms with Crippen LogP contribution in [0.1, 0.15) is 63.0 Å². The van der Waals surface area contributed by atoms with Crippen LogP contribution in [0.3, 0.4) is 0 Å². The van der Waals surface area contributed by atoms with Crippen molar-refractivity contribution in [2.75, 3.05) is 7.11 Å². The third-order valence-electron chi connectivity index (χ3n) is 7.27. The highest BCUT2D eigenvalue weighted by Crippen LogP contribution is 2.63. The van der Waals surface area contributed by atoms with Crippen molar-refractivity contribution in [3.8, 4) is 5.75 Å². The van der Waals surface area contributed by atoms with Gasteiger partial charge in [-0.1, -0.05) is 26.3 Å². The lowest BCUT2D eigenvalue weighted by atomic mass is 9.51. The van der Waals surface area contributed by atoms with E-state index >= 15 is 0 Å². The fourth-order valence-corrected chi connectivity index (χ4v) is 6.06. The molecule has 5 atom stereocenters. The van der Waals surface area contributed by atoms with E-state index in [9.17, 15) is 0 Å². The number of aryl methyl sites for hydroxylation is 1. The summed E-state index contributed by atoms with van der Waals surface area (Å²) in [6, 6.07) is 6.83. The highest BCUT2D eigenvalue weighted by molar-refractivity contribution is 5.41. The van der Waals surface area contributed by atoms with Crippen LogP contribution in [0, 0.1) is 23.2 Å². The maximum Gasteiger partial charge on any atom is 0.119 e. The van der Waals surface area contributed by atoms with Gasteiger partial charge in [-0.05, 0) is 84.5 Å². The summed E-state index contributed by atoms with van der Waals surface area (Å²) in [5.41, 5.74) is 3.75. The maximum atomic E-state index is 5.42. The Labute approximate surface area is 129 Å². The van der Waals surface area contributed by atoms with E-state index in [1.165, 1.54) is 38.5 Å². The Morgan fingerprint density at radius 3 is 2.81 bits per heavy atom. The Balaban J connectivity index is 1.72. The van der Waals surface area contributed by atoms with Gasteiger partial charge in [-0.2, -0.15) is 0 Å². The van der Waals surface area contributed by atoms with E-state index in [1.807, 2.05) is 0 Å². The topological polar surface area (TPSA) is 9.23 Å². The zero-order chi connectivity index (χ0) is 14.6. The monoisotopic (exact) mass is 284 g/mol. The van der Waals surface area contributed by atoms with Crippen LogP contribution in [0.15, 0.2) is 18.2 Å². The number of methoxy groups -OCH3 is 1. The summed E-state index contributed by atoms with van der Waals surface area (Å²) in [7, 11) is 1.78. The van der Waals surface area contributed by atoms with Crippen molar-refractivity contribution in [1.29, 1.82) is 0 Å². The molecule has 0 spiro atoms. The molecule has 114 valence electrons. The summed E-state index contributed by atoms with van der Waals surface area (Å²) in [6.07, 6.45) is 8.43. The molecule has 0 heterocycles. The van der Waals surface area contributed by atoms with Crippen LogP contribution in [0.2, 0.25) is 0 Å². The molecule has 0 saturated heterocycles. The van der Waals surface area contributed by atoms with Gasteiger partial charge >= 0.3 is 0 Å². The fraction of sp³-hybridized carbons (Fsp3) is 0.700. The molecule has 3 aliphatic carbocycles. The zero-order valence-electron chi connectivity index (χ0n) is 13.7. The van der Waals surface area contributed by atoms with Crippen molar-refractivity contribution in [2.45, 2.75) is 58.3 Å². The molecular weight excluding hydrogens is 256 g/mol. The molecule has 0 aromatic heterocycles. The van der Waals surface area contributed by atoms with E-state index in [0.29, 0.717) is 5.41 Å². The standard InChI is InChI=1S/C20H28O/c1-13-4-8-18-16(13)7-9-19-17-6-5-15(21-3)12-14(17)10-11-20(18,19)2/h5-6,12-13,16,18-19H,4,7-11H2,1-3H3. The smallest absolute Gasteiger partial charge is 0.119 e. The molecule has 3 aliphatic rings. The second-order valence-electron chi connectivity index (χ2n) is 8.03. The van der Waals surface area contributed by atoms with Crippen LogP contribution in [-0.2, 0) is 6.42 Å². The van der Waals surface area contributed by atoms with E-state index in [-0.39, 0.29) is 0 Å². The second kappa shape index (κ2) is 4.76. The molecule has 1 aromatic carbocycles. The Hall–Kier alpha value is -0.980. The maximum absolute atomic E-state index is 5.42. The summed E-state index contributed by atoms with van der Waals surface area (Å²) in [5.74, 6) is 4.76. The Bertz CT molecular complexity index is 549. The van der Waals surface area contributed by atoms with Gasteiger partial charge in [0.2, 0.25) is 0 Å². The van der Waals surface area contributed by atoms with E-state index in [4.69, 9.17) is 4.74 Å². The van der Waals surface area contributed by atoms with Gasteiger partial charge in [-0.15, -0.1) is 0 Å². The van der Waals surface area contributed by atoms with Crippen molar-refractivity contribution in [3.05, 3.63) is 29.3 Å². The highest BCUT2D eigenvalue weighted by atomic mass is 16.5. The fourth-order valence-electron chi connectivity index (χ4n) is 6.06. The van der Waals surface area contributed by atoms with Crippen molar-refractivity contribution in [2.24, 2.45) is 23.2 Å². The van der Waals surface area contributed by atoms with E-state index < -0.39 is 0 Å². The van der Waals surface area contributed by atoms with Gasteiger partial charge < -0.3 is 4.74 Å². The Morgan fingerprint density at radius 2 is 2.00 bits per heavy atom. The molecule has 2 fully saturated rings. The third-order valence-corrected chi connectivity index (χ3v) is 7.27. The minimum absolute atomic E-state index is 0.551. The lowest BCUT2D eigenvalue weighted by Crippen LogP contribution is -2.43. The first-order valence-electron chi connectivity index (χ1n) is 8.80. The molecule has 1 nitrogen and oxygen atoms in total. The summed E-state index contributed by atoms with van der Waals surface area (Å²) >= 11 is 0. The Morgan fingerprint density at radius 1 is 1.14 bits per heavy atom. The van der Waals surface area contributed by atoms with E-state index in [0.717, 1.165) is 29.4 Å². The summed E-state index contributed by atoms with van der Waals surface area (Å²) in [4.78, 5) is 0. The highest BCUT2D eigenvalue weighted by Gasteiger charge is 2.53. The molecule has 0 bridgehead atoms. The zero-order valence-corrected chi connectivity index (χ0v) is 13.7. The van der Waals surface area contributed by atoms with Gasteiger partial charge in [0.25, 0.3) is 0 Å². The lowest BCUT2D eigenvalue weighted by molar-refractivity contribution is 0.0262. The molecular formula is C20H28O. The van der Waals surface area contributed by atoms with Crippen molar-refractivity contribution < 1.29 is 4.74 Å². The molecule has 21 heavy (non-hydrogen) atoms. The van der Waals surface area contributed by atoms with Gasteiger partial charge in [-0.25, -0.2) is 0 Å². The van der Waals surface area contributed by atoms with Gasteiger partial charge in [-0.3, -0.25) is 0 Å². The quantitative estimate of drug-likeness (QED) is 0.690. The molecule has 1 heteroatoms. The average molecular weight is 284 g/mol. The Kier molecular flexibility index (Phi) is 3.10. The number of hydrogen-bond donors (Lipinski definition) is 0. The SMILES string of the molecule is COc1ccc2c(c1)CCC1(C)C2CCC2C(C)CCC21. The van der Waals surface area contributed by atoms with Crippen LogP contribution in [0.4, 0.5) is 0 Å². The molecule has 0 radical (unpaired) electrons. The van der Waals surface area contributed by atoms with Crippen LogP contribution >= 0.6 is 0 Å². The summed E-state index contributed by atoms with van der Waals surface area (Å²) in [5, 5.41) is 0. The number of rotatable bonds is 1. The average Bonchev–Trinajstić information content (AvgIpc) is 2.89. The molecule has 2 saturated carbocycles. The van der Waals surface area contributed by atoms with Gasteiger partial charge in [0.15, 0.2) is 0 Å².